The fraction of sp³-hybridized carbons (Fsp3) is 0.158. The molecule has 1 N–H and O–H groups in total. The number of tetrazole rings is 1. The number of H-pyrrole nitrogens is 1. The molecule has 2 aromatic heterocycles. The minimum atomic E-state index is -0.358. The molecule has 2 heterocycles. The normalized spacial score (nSPS) is 12.2. The van der Waals surface area contributed by atoms with Crippen molar-refractivity contribution < 1.29 is 9.53 Å². The molecule has 0 aliphatic heterocycles. The van der Waals surface area contributed by atoms with Crippen LogP contribution in [0.15, 0.2) is 59.9 Å². The first kappa shape index (κ1) is 17.3. The zero-order valence-electron chi connectivity index (χ0n) is 14.8. The number of para-hydroxylation sites is 3. The Hall–Kier alpha value is -3.13. The van der Waals surface area contributed by atoms with Crippen molar-refractivity contribution in [1.29, 1.82) is 0 Å². The number of ketones is 1. The number of ether oxygens (including phenoxy) is 1. The maximum Gasteiger partial charge on any atom is 0.214 e. The van der Waals surface area contributed by atoms with Crippen molar-refractivity contribution in [1.82, 2.24) is 25.2 Å². The number of aromatic amines is 1. The molecule has 8 heteroatoms. The van der Waals surface area contributed by atoms with Crippen molar-refractivity contribution in [3.05, 3.63) is 60.3 Å². The number of carbonyl (C=O) groups excluding carboxylic acids is 1. The molecule has 0 saturated heterocycles. The average Bonchev–Trinajstić information content (AvgIpc) is 3.34. The first-order valence-corrected chi connectivity index (χ1v) is 9.25. The quantitative estimate of drug-likeness (QED) is 0.407. The van der Waals surface area contributed by atoms with Gasteiger partial charge in [0.2, 0.25) is 5.16 Å². The smallest absolute Gasteiger partial charge is 0.214 e. The SMILES string of the molecule is COc1ccccc1-n1nnnc1SC(C)C(=O)c1c[nH]c2ccccc12. The van der Waals surface area contributed by atoms with Gasteiger partial charge in [-0.1, -0.05) is 42.1 Å². The van der Waals surface area contributed by atoms with E-state index >= 15 is 0 Å². The zero-order valence-corrected chi connectivity index (χ0v) is 15.6. The average molecular weight is 379 g/mol. The number of hydrogen-bond acceptors (Lipinski definition) is 6. The Morgan fingerprint density at radius 3 is 2.81 bits per heavy atom. The molecule has 0 radical (unpaired) electrons. The Bertz CT molecular complexity index is 1100. The van der Waals surface area contributed by atoms with Crippen LogP contribution in [-0.4, -0.2) is 43.3 Å². The van der Waals surface area contributed by atoms with Gasteiger partial charge in [0, 0.05) is 22.7 Å². The molecule has 7 nitrogen and oxygen atoms in total. The number of fused-ring (bicyclic) bond motifs is 1. The van der Waals surface area contributed by atoms with Gasteiger partial charge < -0.3 is 9.72 Å². The number of rotatable bonds is 6. The number of carbonyl (C=O) groups is 1. The number of nitrogens with zero attached hydrogens (tertiary/aromatic N) is 4. The molecule has 0 aliphatic rings. The van der Waals surface area contributed by atoms with Gasteiger partial charge in [-0.25, -0.2) is 0 Å². The standard InChI is InChI=1S/C19H17N5O2S/c1-12(18(25)14-11-20-15-8-4-3-7-13(14)15)27-19-21-22-23-24(19)16-9-5-6-10-17(16)26-2/h3-12,20H,1-2H3. The summed E-state index contributed by atoms with van der Waals surface area (Å²) in [5.41, 5.74) is 2.33. The third-order valence-electron chi connectivity index (χ3n) is 4.26. The van der Waals surface area contributed by atoms with Crippen LogP contribution in [0.1, 0.15) is 17.3 Å². The molecule has 4 aromatic rings. The zero-order chi connectivity index (χ0) is 18.8. The lowest BCUT2D eigenvalue weighted by Gasteiger charge is -2.11. The number of Topliss-reactive ketones (excluding diaryl/α,β-unsaturated/α-hetero) is 1. The van der Waals surface area contributed by atoms with E-state index in [0.717, 1.165) is 16.6 Å². The van der Waals surface area contributed by atoms with E-state index in [4.69, 9.17) is 4.74 Å². The maximum atomic E-state index is 13.0. The largest absolute Gasteiger partial charge is 0.494 e. The van der Waals surface area contributed by atoms with Gasteiger partial charge in [0.15, 0.2) is 5.78 Å². The van der Waals surface area contributed by atoms with Crippen molar-refractivity contribution in [2.45, 2.75) is 17.3 Å². The second kappa shape index (κ2) is 7.24. The number of methoxy groups -OCH3 is 1. The summed E-state index contributed by atoms with van der Waals surface area (Å²) < 4.78 is 6.97. The summed E-state index contributed by atoms with van der Waals surface area (Å²) in [4.78, 5) is 16.1. The molecule has 0 saturated carbocycles. The van der Waals surface area contributed by atoms with Gasteiger partial charge in [0.05, 0.1) is 12.4 Å². The lowest BCUT2D eigenvalue weighted by Crippen LogP contribution is -2.14. The molecular formula is C19H17N5O2S. The van der Waals surface area contributed by atoms with Crippen LogP contribution in [0.4, 0.5) is 0 Å². The summed E-state index contributed by atoms with van der Waals surface area (Å²) in [5.74, 6) is 0.675. The van der Waals surface area contributed by atoms with Gasteiger partial charge in [-0.15, -0.1) is 5.10 Å². The highest BCUT2D eigenvalue weighted by atomic mass is 32.2. The minimum Gasteiger partial charge on any atom is -0.494 e. The molecule has 0 aliphatic carbocycles. The highest BCUT2D eigenvalue weighted by Crippen LogP contribution is 2.30. The fourth-order valence-corrected chi connectivity index (χ4v) is 3.78. The number of aromatic nitrogens is 5. The molecule has 4 rings (SSSR count). The lowest BCUT2D eigenvalue weighted by molar-refractivity contribution is 0.0995. The number of benzene rings is 2. The third kappa shape index (κ3) is 3.19. The van der Waals surface area contributed by atoms with Crippen LogP contribution in [0.3, 0.4) is 0 Å². The fourth-order valence-electron chi connectivity index (χ4n) is 2.91. The van der Waals surface area contributed by atoms with Crippen LogP contribution in [0.2, 0.25) is 0 Å². The summed E-state index contributed by atoms with van der Waals surface area (Å²) in [7, 11) is 1.60. The molecule has 1 atom stereocenters. The second-order valence-corrected chi connectivity index (χ2v) is 7.23. The predicted molar refractivity (Wildman–Crippen MR) is 104 cm³/mol. The maximum absolute atomic E-state index is 13.0. The van der Waals surface area contributed by atoms with Gasteiger partial charge in [0.1, 0.15) is 11.4 Å². The Kier molecular flexibility index (Phi) is 4.64. The lowest BCUT2D eigenvalue weighted by atomic mass is 10.1. The molecule has 1 unspecified atom stereocenters. The number of thioether (sulfide) groups is 1. The van der Waals surface area contributed by atoms with E-state index in [1.807, 2.05) is 55.5 Å². The summed E-state index contributed by atoms with van der Waals surface area (Å²) >= 11 is 1.31. The molecule has 0 fully saturated rings. The molecule has 2 aromatic carbocycles. The van der Waals surface area contributed by atoms with Gasteiger partial charge in [-0.2, -0.15) is 4.68 Å². The number of hydrogen-bond donors (Lipinski definition) is 1. The Balaban J connectivity index is 1.62. The minimum absolute atomic E-state index is 0.0204. The Morgan fingerprint density at radius 2 is 1.96 bits per heavy atom. The Labute approximate surface area is 159 Å². The van der Waals surface area contributed by atoms with Gasteiger partial charge in [0.25, 0.3) is 0 Å². The van der Waals surface area contributed by atoms with E-state index in [9.17, 15) is 4.79 Å². The summed E-state index contributed by atoms with van der Waals surface area (Å²) in [6.45, 7) is 1.86. The van der Waals surface area contributed by atoms with Crippen molar-refractivity contribution in [3.8, 4) is 11.4 Å². The van der Waals surface area contributed by atoms with E-state index in [1.54, 1.807) is 18.0 Å². The summed E-state index contributed by atoms with van der Waals surface area (Å²) in [6, 6.07) is 15.2. The predicted octanol–water partition coefficient (Wildman–Crippen LogP) is 3.52. The van der Waals surface area contributed by atoms with Gasteiger partial charge >= 0.3 is 0 Å². The number of nitrogens with one attached hydrogen (secondary N) is 1. The van der Waals surface area contributed by atoms with E-state index in [0.29, 0.717) is 16.5 Å². The van der Waals surface area contributed by atoms with Crippen LogP contribution < -0.4 is 4.74 Å². The second-order valence-electron chi connectivity index (χ2n) is 5.92. The van der Waals surface area contributed by atoms with Crippen LogP contribution in [-0.2, 0) is 0 Å². The van der Waals surface area contributed by atoms with Gasteiger partial charge in [-0.05, 0) is 35.5 Å². The molecular weight excluding hydrogens is 362 g/mol. The van der Waals surface area contributed by atoms with Crippen LogP contribution in [0, 0.1) is 0 Å². The highest BCUT2D eigenvalue weighted by Gasteiger charge is 2.23. The summed E-state index contributed by atoms with van der Waals surface area (Å²) in [5, 5.41) is 13.0. The van der Waals surface area contributed by atoms with Gasteiger partial charge in [-0.3, -0.25) is 4.79 Å². The summed E-state index contributed by atoms with van der Waals surface area (Å²) in [6.07, 6.45) is 1.76. The van der Waals surface area contributed by atoms with Crippen LogP contribution in [0.25, 0.3) is 16.6 Å². The highest BCUT2D eigenvalue weighted by molar-refractivity contribution is 8.00. The molecule has 0 bridgehead atoms. The van der Waals surface area contributed by atoms with Crippen molar-refractivity contribution in [2.75, 3.05) is 7.11 Å². The van der Waals surface area contributed by atoms with E-state index < -0.39 is 0 Å². The van der Waals surface area contributed by atoms with Crippen LogP contribution >= 0.6 is 11.8 Å². The first-order valence-electron chi connectivity index (χ1n) is 8.38. The molecule has 136 valence electrons. The third-order valence-corrected chi connectivity index (χ3v) is 5.29. The monoisotopic (exact) mass is 379 g/mol. The van der Waals surface area contributed by atoms with E-state index in [1.165, 1.54) is 11.8 Å². The molecule has 0 amide bonds. The van der Waals surface area contributed by atoms with Crippen molar-refractivity contribution in [3.63, 3.8) is 0 Å². The Morgan fingerprint density at radius 1 is 1.19 bits per heavy atom. The molecule has 27 heavy (non-hydrogen) atoms. The van der Waals surface area contributed by atoms with E-state index in [2.05, 4.69) is 20.5 Å². The van der Waals surface area contributed by atoms with Crippen molar-refractivity contribution >= 4 is 28.4 Å². The molecule has 0 spiro atoms. The van der Waals surface area contributed by atoms with Crippen LogP contribution in [0.5, 0.6) is 5.75 Å². The first-order chi connectivity index (χ1) is 13.2. The van der Waals surface area contributed by atoms with E-state index in [-0.39, 0.29) is 11.0 Å². The topological polar surface area (TPSA) is 85.7 Å². The van der Waals surface area contributed by atoms with Crippen molar-refractivity contribution in [2.24, 2.45) is 0 Å².